The summed E-state index contributed by atoms with van der Waals surface area (Å²) in [7, 11) is -0.864. The number of likely N-dealkylation sites (tertiary alicyclic amines) is 1. The lowest BCUT2D eigenvalue weighted by molar-refractivity contribution is -0.130. The number of anilines is 1. The number of hydrogen-bond acceptors (Lipinski definition) is 4. The van der Waals surface area contributed by atoms with Gasteiger partial charge in [0.25, 0.3) is 10.0 Å². The van der Waals surface area contributed by atoms with E-state index >= 15 is 0 Å². The summed E-state index contributed by atoms with van der Waals surface area (Å²) in [6, 6.07) is 10.9. The van der Waals surface area contributed by atoms with Gasteiger partial charge >= 0.3 is 5.69 Å². The molecule has 10 heteroatoms. The van der Waals surface area contributed by atoms with Crippen molar-refractivity contribution in [3.63, 3.8) is 0 Å². The van der Waals surface area contributed by atoms with Crippen molar-refractivity contribution in [3.8, 4) is 0 Å². The third-order valence-corrected chi connectivity index (χ3v) is 7.96. The smallest absolute Gasteiger partial charge is 0.328 e. The van der Waals surface area contributed by atoms with Gasteiger partial charge in [0.05, 0.1) is 21.6 Å². The topological polar surface area (TPSA) is 84.6 Å². The van der Waals surface area contributed by atoms with Gasteiger partial charge in [-0.2, -0.15) is 0 Å². The second-order valence-electron chi connectivity index (χ2n) is 7.98. The monoisotopic (exact) mass is 476 g/mol. The minimum atomic E-state index is -4.09. The van der Waals surface area contributed by atoms with Gasteiger partial charge in [0.2, 0.25) is 5.91 Å². The van der Waals surface area contributed by atoms with Crippen molar-refractivity contribution in [2.24, 2.45) is 14.1 Å². The minimum Gasteiger partial charge on any atom is -0.341 e. The highest BCUT2D eigenvalue weighted by Gasteiger charge is 2.30. The number of nitrogens with zero attached hydrogens (tertiary/aromatic N) is 4. The third kappa shape index (κ3) is 4.02. The molecule has 8 nitrogen and oxygen atoms in total. The molecule has 1 aliphatic heterocycles. The Labute approximate surface area is 191 Å². The van der Waals surface area contributed by atoms with Crippen LogP contribution in [0.5, 0.6) is 0 Å². The first-order valence-electron chi connectivity index (χ1n) is 10.4. The summed E-state index contributed by atoms with van der Waals surface area (Å²) >= 11 is 6.00. The maximum Gasteiger partial charge on any atom is 0.328 e. The van der Waals surface area contributed by atoms with Crippen LogP contribution in [0, 0.1) is 0 Å². The summed E-state index contributed by atoms with van der Waals surface area (Å²) in [5, 5.41) is 0.467. The van der Waals surface area contributed by atoms with Gasteiger partial charge in [-0.05, 0) is 61.7 Å². The number of rotatable bonds is 5. The van der Waals surface area contributed by atoms with Gasteiger partial charge in [0, 0.05) is 32.2 Å². The van der Waals surface area contributed by atoms with Crippen molar-refractivity contribution in [1.82, 2.24) is 14.0 Å². The quantitative estimate of drug-likeness (QED) is 0.566. The Kier molecular flexibility index (Phi) is 6.05. The van der Waals surface area contributed by atoms with Crippen LogP contribution in [0.1, 0.15) is 19.3 Å². The summed E-state index contributed by atoms with van der Waals surface area (Å²) < 4.78 is 31.4. The number of imidazole rings is 1. The fraction of sp³-hybridized carbons (Fsp3) is 0.364. The molecule has 0 atom stereocenters. The number of aryl methyl sites for hydroxylation is 2. The number of hydrogen-bond donors (Lipinski definition) is 0. The van der Waals surface area contributed by atoms with Crippen LogP contribution in [0.3, 0.4) is 0 Å². The zero-order chi connectivity index (χ0) is 23.0. The first kappa shape index (κ1) is 22.4. The van der Waals surface area contributed by atoms with E-state index in [1.807, 2.05) is 0 Å². The zero-order valence-electron chi connectivity index (χ0n) is 18.0. The molecule has 170 valence electrons. The lowest BCUT2D eigenvalue weighted by Gasteiger charge is -2.30. The molecule has 3 aromatic rings. The summed E-state index contributed by atoms with van der Waals surface area (Å²) in [6.07, 6.45) is 2.90. The highest BCUT2D eigenvalue weighted by molar-refractivity contribution is 7.92. The Morgan fingerprint density at radius 3 is 2.25 bits per heavy atom. The number of carbonyl (C=O) groups is 1. The average Bonchev–Trinajstić information content (AvgIpc) is 3.02. The molecule has 0 bridgehead atoms. The fourth-order valence-corrected chi connectivity index (χ4v) is 5.62. The SMILES string of the molecule is Cn1c(=O)n(C)c2cc(S(=O)(=O)N(CC(=O)N3CCCCC3)c3ccc(Cl)cc3)ccc21. The van der Waals surface area contributed by atoms with Gasteiger partial charge in [0.1, 0.15) is 6.54 Å². The third-order valence-electron chi connectivity index (χ3n) is 5.93. The van der Waals surface area contributed by atoms with Crippen molar-refractivity contribution in [3.05, 3.63) is 58.0 Å². The van der Waals surface area contributed by atoms with Crippen LogP contribution in [0.15, 0.2) is 52.2 Å². The van der Waals surface area contributed by atoms with E-state index < -0.39 is 10.0 Å². The van der Waals surface area contributed by atoms with Crippen LogP contribution in [0.2, 0.25) is 5.02 Å². The van der Waals surface area contributed by atoms with Crippen LogP contribution in [0.4, 0.5) is 5.69 Å². The van der Waals surface area contributed by atoms with Crippen molar-refractivity contribution in [2.75, 3.05) is 23.9 Å². The van der Waals surface area contributed by atoms with E-state index in [1.165, 1.54) is 21.3 Å². The summed E-state index contributed by atoms with van der Waals surface area (Å²) in [5.74, 6) is -0.239. The summed E-state index contributed by atoms with van der Waals surface area (Å²) in [6.45, 7) is 0.951. The lowest BCUT2D eigenvalue weighted by Crippen LogP contribution is -2.44. The molecule has 1 aromatic heterocycles. The summed E-state index contributed by atoms with van der Waals surface area (Å²) in [5.41, 5.74) is 1.22. The van der Waals surface area contributed by atoms with E-state index in [4.69, 9.17) is 11.6 Å². The molecular weight excluding hydrogens is 452 g/mol. The molecule has 0 spiro atoms. The Bertz CT molecular complexity index is 1320. The maximum absolute atomic E-state index is 13.7. The molecule has 0 radical (unpaired) electrons. The Morgan fingerprint density at radius 2 is 1.59 bits per heavy atom. The van der Waals surface area contributed by atoms with E-state index in [1.54, 1.807) is 49.3 Å². The second-order valence-corrected chi connectivity index (χ2v) is 10.3. The molecule has 0 aliphatic carbocycles. The Hall–Kier alpha value is -2.78. The lowest BCUT2D eigenvalue weighted by atomic mass is 10.1. The number of piperidine rings is 1. The van der Waals surface area contributed by atoms with Gasteiger partial charge in [-0.15, -0.1) is 0 Å². The van der Waals surface area contributed by atoms with E-state index in [0.717, 1.165) is 23.6 Å². The predicted octanol–water partition coefficient (Wildman–Crippen LogP) is 2.74. The normalized spacial score (nSPS) is 14.7. The van der Waals surface area contributed by atoms with Crippen molar-refractivity contribution < 1.29 is 13.2 Å². The number of sulfonamides is 1. The molecule has 2 heterocycles. The molecule has 4 rings (SSSR count). The number of carbonyl (C=O) groups excluding carboxylic acids is 1. The average molecular weight is 477 g/mol. The molecule has 0 N–H and O–H groups in total. The molecule has 0 unspecified atom stereocenters. The number of fused-ring (bicyclic) bond motifs is 1. The Balaban J connectivity index is 1.77. The van der Waals surface area contributed by atoms with E-state index in [0.29, 0.717) is 34.8 Å². The van der Waals surface area contributed by atoms with Crippen molar-refractivity contribution in [1.29, 1.82) is 0 Å². The first-order chi connectivity index (χ1) is 15.2. The van der Waals surface area contributed by atoms with Gasteiger partial charge in [-0.25, -0.2) is 13.2 Å². The fourth-order valence-electron chi connectivity index (χ4n) is 4.06. The standard InChI is InChI=1S/C22H25ClN4O4S/c1-24-19-11-10-18(14-20(19)25(2)22(24)29)32(30,31)27(17-8-6-16(23)7-9-17)15-21(28)26-12-4-3-5-13-26/h6-11,14H,3-5,12-13,15H2,1-2H3. The zero-order valence-corrected chi connectivity index (χ0v) is 19.6. The molecule has 1 amide bonds. The summed E-state index contributed by atoms with van der Waals surface area (Å²) in [4.78, 5) is 27.0. The number of aromatic nitrogens is 2. The number of benzene rings is 2. The van der Waals surface area contributed by atoms with Crippen LogP contribution >= 0.6 is 11.6 Å². The highest BCUT2D eigenvalue weighted by Crippen LogP contribution is 2.27. The van der Waals surface area contributed by atoms with Crippen molar-refractivity contribution >= 4 is 44.3 Å². The first-order valence-corrected chi connectivity index (χ1v) is 12.2. The predicted molar refractivity (Wildman–Crippen MR) is 125 cm³/mol. The molecule has 1 saturated heterocycles. The molecule has 0 saturated carbocycles. The van der Waals surface area contributed by atoms with E-state index in [9.17, 15) is 18.0 Å². The second kappa shape index (κ2) is 8.63. The van der Waals surface area contributed by atoms with Crippen LogP contribution < -0.4 is 9.99 Å². The van der Waals surface area contributed by atoms with Crippen LogP contribution in [-0.4, -0.2) is 48.0 Å². The molecular formula is C22H25ClN4O4S. The maximum atomic E-state index is 13.7. The number of amides is 1. The molecule has 1 aliphatic rings. The van der Waals surface area contributed by atoms with Crippen molar-refractivity contribution in [2.45, 2.75) is 24.2 Å². The van der Waals surface area contributed by atoms with Crippen LogP contribution in [-0.2, 0) is 28.9 Å². The van der Waals surface area contributed by atoms with Gasteiger partial charge in [-0.1, -0.05) is 11.6 Å². The van der Waals surface area contributed by atoms with E-state index in [2.05, 4.69) is 0 Å². The van der Waals surface area contributed by atoms with Gasteiger partial charge < -0.3 is 4.90 Å². The number of halogens is 1. The highest BCUT2D eigenvalue weighted by atomic mass is 35.5. The van der Waals surface area contributed by atoms with E-state index in [-0.39, 0.29) is 23.0 Å². The molecule has 32 heavy (non-hydrogen) atoms. The molecule has 2 aromatic carbocycles. The molecule has 1 fully saturated rings. The van der Waals surface area contributed by atoms with Crippen LogP contribution in [0.25, 0.3) is 11.0 Å². The Morgan fingerprint density at radius 1 is 0.969 bits per heavy atom. The minimum absolute atomic E-state index is 0.00703. The van der Waals surface area contributed by atoms with Gasteiger partial charge in [-0.3, -0.25) is 18.2 Å². The largest absolute Gasteiger partial charge is 0.341 e. The van der Waals surface area contributed by atoms with Gasteiger partial charge in [0.15, 0.2) is 0 Å².